The van der Waals surface area contributed by atoms with Gasteiger partial charge in [0.05, 0.1) is 36.0 Å². The lowest BCUT2D eigenvalue weighted by atomic mass is 10.0. The van der Waals surface area contributed by atoms with E-state index < -0.39 is 0 Å². The van der Waals surface area contributed by atoms with Crippen LogP contribution in [0.3, 0.4) is 0 Å². The minimum absolute atomic E-state index is 0.0491. The molecule has 7 nitrogen and oxygen atoms in total. The molecule has 2 heterocycles. The third-order valence-corrected chi connectivity index (χ3v) is 7.05. The summed E-state index contributed by atoms with van der Waals surface area (Å²) in [5, 5.41) is 10.3. The molecule has 1 aliphatic heterocycles. The molecule has 4 rings (SSSR count). The van der Waals surface area contributed by atoms with E-state index in [1.54, 1.807) is 6.07 Å². The molecule has 1 fully saturated rings. The van der Waals surface area contributed by atoms with Crippen LogP contribution < -0.4 is 9.64 Å². The lowest BCUT2D eigenvalue weighted by molar-refractivity contribution is 0.0600. The first-order valence-corrected chi connectivity index (χ1v) is 12.7. The monoisotopic (exact) mass is 531 g/mol. The van der Waals surface area contributed by atoms with E-state index in [2.05, 4.69) is 26.5 Å². The Morgan fingerprint density at radius 1 is 1.08 bits per heavy atom. The highest BCUT2D eigenvalue weighted by molar-refractivity contribution is 6.33. The SMILES string of the molecule is COC(=O)c1cc(C)n(CCN2CCN(c3ccc(OCCO)cc3Cl)[C@H](c3ccc(Cl)cc3)C2)c1. The molecule has 1 aliphatic rings. The summed E-state index contributed by atoms with van der Waals surface area (Å²) < 4.78 is 12.5. The molecule has 0 bridgehead atoms. The van der Waals surface area contributed by atoms with Gasteiger partial charge in [-0.25, -0.2) is 4.79 Å². The molecule has 0 aliphatic carbocycles. The second kappa shape index (κ2) is 12.0. The fraction of sp³-hybridized carbons (Fsp3) is 0.370. The number of carbonyl (C=O) groups is 1. The number of aryl methyl sites for hydroxylation is 1. The van der Waals surface area contributed by atoms with Crippen LogP contribution in [0.15, 0.2) is 54.7 Å². The molecule has 1 N–H and O–H groups in total. The summed E-state index contributed by atoms with van der Waals surface area (Å²) in [5.74, 6) is 0.311. The lowest BCUT2D eigenvalue weighted by Gasteiger charge is -2.43. The largest absolute Gasteiger partial charge is 0.491 e. The Bertz CT molecular complexity index is 1180. The zero-order valence-corrected chi connectivity index (χ0v) is 22.0. The maximum atomic E-state index is 11.9. The number of piperazine rings is 1. The van der Waals surface area contributed by atoms with Crippen LogP contribution in [0, 0.1) is 6.92 Å². The fourth-order valence-corrected chi connectivity index (χ4v) is 5.01. The highest BCUT2D eigenvalue weighted by atomic mass is 35.5. The van der Waals surface area contributed by atoms with Crippen LogP contribution in [0.5, 0.6) is 5.75 Å². The predicted molar refractivity (Wildman–Crippen MR) is 143 cm³/mol. The Balaban J connectivity index is 1.52. The van der Waals surface area contributed by atoms with E-state index in [1.807, 2.05) is 43.5 Å². The van der Waals surface area contributed by atoms with Crippen molar-refractivity contribution in [2.45, 2.75) is 19.5 Å². The molecular formula is C27H31Cl2N3O4. The number of anilines is 1. The topological polar surface area (TPSA) is 67.2 Å². The summed E-state index contributed by atoms with van der Waals surface area (Å²) in [5.41, 5.74) is 3.70. The van der Waals surface area contributed by atoms with E-state index in [-0.39, 0.29) is 25.2 Å². The second-order valence-electron chi connectivity index (χ2n) is 8.80. The Morgan fingerprint density at radius 2 is 1.86 bits per heavy atom. The number of nitrogens with zero attached hydrogens (tertiary/aromatic N) is 3. The number of aliphatic hydroxyl groups excluding tert-OH is 1. The maximum Gasteiger partial charge on any atom is 0.339 e. The summed E-state index contributed by atoms with van der Waals surface area (Å²) in [4.78, 5) is 16.6. The lowest BCUT2D eigenvalue weighted by Crippen LogP contribution is -2.49. The number of benzene rings is 2. The average molecular weight is 532 g/mol. The first-order valence-electron chi connectivity index (χ1n) is 11.9. The zero-order valence-electron chi connectivity index (χ0n) is 20.5. The zero-order chi connectivity index (χ0) is 25.7. The van der Waals surface area contributed by atoms with Gasteiger partial charge in [-0.05, 0) is 42.8 Å². The third kappa shape index (κ3) is 6.16. The molecular weight excluding hydrogens is 501 g/mol. The number of ether oxygens (including phenoxy) is 2. The summed E-state index contributed by atoms with van der Waals surface area (Å²) >= 11 is 12.9. The Hall–Kier alpha value is -2.71. The number of halogens is 2. The van der Waals surface area contributed by atoms with Crippen LogP contribution >= 0.6 is 23.2 Å². The number of aromatic nitrogens is 1. The average Bonchev–Trinajstić information content (AvgIpc) is 3.26. The van der Waals surface area contributed by atoms with Crippen LogP contribution in [0.25, 0.3) is 0 Å². The predicted octanol–water partition coefficient (Wildman–Crippen LogP) is 4.82. The van der Waals surface area contributed by atoms with Gasteiger partial charge in [0, 0.05) is 55.7 Å². The van der Waals surface area contributed by atoms with Gasteiger partial charge >= 0.3 is 5.97 Å². The number of rotatable bonds is 9. The van der Waals surface area contributed by atoms with Gasteiger partial charge in [-0.2, -0.15) is 0 Å². The molecule has 36 heavy (non-hydrogen) atoms. The number of esters is 1. The van der Waals surface area contributed by atoms with Gasteiger partial charge in [0.25, 0.3) is 0 Å². The van der Waals surface area contributed by atoms with E-state index in [0.717, 1.165) is 49.7 Å². The number of carbonyl (C=O) groups excluding carboxylic acids is 1. The molecule has 1 atom stereocenters. The van der Waals surface area contributed by atoms with Gasteiger partial charge in [0.15, 0.2) is 0 Å². The van der Waals surface area contributed by atoms with Crippen molar-refractivity contribution in [1.82, 2.24) is 9.47 Å². The van der Waals surface area contributed by atoms with E-state index in [9.17, 15) is 4.79 Å². The molecule has 192 valence electrons. The van der Waals surface area contributed by atoms with Crippen molar-refractivity contribution in [3.8, 4) is 5.75 Å². The fourth-order valence-electron chi connectivity index (χ4n) is 4.61. The van der Waals surface area contributed by atoms with Gasteiger partial charge in [0.2, 0.25) is 0 Å². The Morgan fingerprint density at radius 3 is 2.56 bits per heavy atom. The molecule has 0 spiro atoms. The summed E-state index contributed by atoms with van der Waals surface area (Å²) in [6.07, 6.45) is 1.86. The van der Waals surface area contributed by atoms with Gasteiger partial charge in [-0.15, -0.1) is 0 Å². The standard InChI is InChI=1S/C27H31Cl2N3O4/c1-19-15-21(27(34)35-2)17-31(19)11-9-30-10-12-32(26(18-30)20-3-5-22(28)6-4-20)25-8-7-23(16-24(25)29)36-14-13-33/h3-8,15-17,26,33H,9-14,18H2,1-2H3/t26-/m0/s1. The van der Waals surface area contributed by atoms with Crippen LogP contribution in [-0.2, 0) is 11.3 Å². The second-order valence-corrected chi connectivity index (χ2v) is 9.65. The van der Waals surface area contributed by atoms with Gasteiger partial charge in [0.1, 0.15) is 12.4 Å². The van der Waals surface area contributed by atoms with Crippen molar-refractivity contribution < 1.29 is 19.4 Å². The van der Waals surface area contributed by atoms with Gasteiger partial charge in [-0.1, -0.05) is 35.3 Å². The first-order chi connectivity index (χ1) is 17.4. The Labute approximate surface area is 221 Å². The normalized spacial score (nSPS) is 16.2. The minimum Gasteiger partial charge on any atom is -0.491 e. The van der Waals surface area contributed by atoms with Crippen molar-refractivity contribution in [3.05, 3.63) is 81.6 Å². The number of hydrogen-bond donors (Lipinski definition) is 1. The molecule has 9 heteroatoms. The third-order valence-electron chi connectivity index (χ3n) is 6.50. The molecule has 1 saturated heterocycles. The molecule has 2 aromatic carbocycles. The molecule has 0 unspecified atom stereocenters. The minimum atomic E-state index is -0.321. The van der Waals surface area contributed by atoms with E-state index in [4.69, 9.17) is 37.8 Å². The van der Waals surface area contributed by atoms with Gasteiger partial charge in [-0.3, -0.25) is 4.90 Å². The quantitative estimate of drug-likeness (QED) is 0.399. The number of aliphatic hydroxyl groups is 1. The first kappa shape index (κ1) is 26.4. The number of methoxy groups -OCH3 is 1. The number of hydrogen-bond acceptors (Lipinski definition) is 6. The Kier molecular flexibility index (Phi) is 8.80. The van der Waals surface area contributed by atoms with E-state index in [1.165, 1.54) is 7.11 Å². The molecule has 3 aromatic rings. The van der Waals surface area contributed by atoms with Crippen molar-refractivity contribution in [2.24, 2.45) is 0 Å². The van der Waals surface area contributed by atoms with Crippen LogP contribution in [0.4, 0.5) is 5.69 Å². The van der Waals surface area contributed by atoms with Crippen LogP contribution in [0.2, 0.25) is 10.0 Å². The summed E-state index contributed by atoms with van der Waals surface area (Å²) in [7, 11) is 1.40. The molecule has 0 amide bonds. The van der Waals surface area contributed by atoms with E-state index in [0.29, 0.717) is 21.4 Å². The molecule has 1 aromatic heterocycles. The van der Waals surface area contributed by atoms with Crippen LogP contribution in [-0.4, -0.2) is 67.0 Å². The molecule has 0 saturated carbocycles. The van der Waals surface area contributed by atoms with Crippen molar-refractivity contribution in [2.75, 3.05) is 51.4 Å². The van der Waals surface area contributed by atoms with Crippen LogP contribution in [0.1, 0.15) is 27.7 Å². The van der Waals surface area contributed by atoms with Gasteiger partial charge < -0.3 is 24.0 Å². The highest BCUT2D eigenvalue weighted by Crippen LogP contribution is 2.37. The van der Waals surface area contributed by atoms with Crippen molar-refractivity contribution in [1.29, 1.82) is 0 Å². The van der Waals surface area contributed by atoms with Crippen molar-refractivity contribution >= 4 is 34.9 Å². The highest BCUT2D eigenvalue weighted by Gasteiger charge is 2.30. The van der Waals surface area contributed by atoms with Crippen molar-refractivity contribution in [3.63, 3.8) is 0 Å². The summed E-state index contributed by atoms with van der Waals surface area (Å²) in [6, 6.07) is 15.6. The molecule has 0 radical (unpaired) electrons. The maximum absolute atomic E-state index is 11.9. The smallest absolute Gasteiger partial charge is 0.339 e. The van der Waals surface area contributed by atoms with E-state index >= 15 is 0 Å². The summed E-state index contributed by atoms with van der Waals surface area (Å²) in [6.45, 7) is 6.26.